The van der Waals surface area contributed by atoms with Gasteiger partial charge in [-0.1, -0.05) is 0 Å². The van der Waals surface area contributed by atoms with E-state index in [0.717, 1.165) is 26.0 Å². The summed E-state index contributed by atoms with van der Waals surface area (Å²) < 4.78 is 38.4. The minimum atomic E-state index is -1.90. The van der Waals surface area contributed by atoms with Gasteiger partial charge in [0, 0.05) is 31.5 Å². The number of carbonyl (C=O) groups is 2. The molecule has 2 aromatic carbocycles. The lowest BCUT2D eigenvalue weighted by Crippen LogP contribution is -2.65. The van der Waals surface area contributed by atoms with Crippen LogP contribution >= 0.6 is 0 Å². The van der Waals surface area contributed by atoms with Crippen LogP contribution in [0, 0.1) is 0 Å². The van der Waals surface area contributed by atoms with Gasteiger partial charge in [0.25, 0.3) is 0 Å². The van der Waals surface area contributed by atoms with Crippen molar-refractivity contribution in [1.82, 2.24) is 0 Å². The van der Waals surface area contributed by atoms with Crippen LogP contribution < -0.4 is 10.2 Å². The number of fused-ring (bicyclic) bond motifs is 1. The Morgan fingerprint density at radius 1 is 0.735 bits per heavy atom. The Kier molecular flexibility index (Phi) is 10.6. The first-order valence-electron chi connectivity index (χ1n) is 14.8. The minimum absolute atomic E-state index is 0.0479. The lowest BCUT2D eigenvalue weighted by molar-refractivity contribution is -0.358. The summed E-state index contributed by atoms with van der Waals surface area (Å²) in [4.78, 5) is 35.4. The Hall–Kier alpha value is -4.53. The summed E-state index contributed by atoms with van der Waals surface area (Å²) in [6.45, 7) is 1.19. The summed E-state index contributed by atoms with van der Waals surface area (Å²) in [6.07, 6.45) is -16.8. The van der Waals surface area contributed by atoms with E-state index in [1.54, 1.807) is 0 Å². The van der Waals surface area contributed by atoms with Gasteiger partial charge in [0.2, 0.25) is 12.0 Å². The molecule has 0 radical (unpaired) electrons. The summed E-state index contributed by atoms with van der Waals surface area (Å²) in [5, 5.41) is 82.9. The fourth-order valence-electron chi connectivity index (χ4n) is 5.27. The third-order valence-corrected chi connectivity index (χ3v) is 7.83. The molecule has 18 nitrogen and oxygen atoms in total. The lowest BCUT2D eigenvalue weighted by Gasteiger charge is -2.46. The van der Waals surface area contributed by atoms with Gasteiger partial charge in [-0.3, -0.25) is 14.4 Å². The van der Waals surface area contributed by atoms with Gasteiger partial charge in [-0.05, 0) is 24.3 Å². The highest BCUT2D eigenvalue weighted by Gasteiger charge is 2.52. The predicted molar refractivity (Wildman–Crippen MR) is 159 cm³/mol. The predicted octanol–water partition coefficient (Wildman–Crippen LogP) is -1.28. The number of aliphatic hydroxyl groups is 5. The zero-order valence-electron chi connectivity index (χ0n) is 25.8. The van der Waals surface area contributed by atoms with Gasteiger partial charge < -0.3 is 73.7 Å². The van der Waals surface area contributed by atoms with Crippen LogP contribution in [0.2, 0.25) is 0 Å². The maximum atomic E-state index is 12.7. The first-order valence-corrected chi connectivity index (χ1v) is 14.8. The maximum Gasteiger partial charge on any atom is 0.302 e. The topological polar surface area (TPSA) is 282 Å². The molecule has 2 fully saturated rings. The molecule has 2 saturated heterocycles. The highest BCUT2D eigenvalue weighted by Crippen LogP contribution is 2.40. The van der Waals surface area contributed by atoms with Crippen molar-refractivity contribution in [2.24, 2.45) is 0 Å². The Morgan fingerprint density at radius 2 is 1.31 bits per heavy atom. The van der Waals surface area contributed by atoms with Crippen LogP contribution in [0.4, 0.5) is 0 Å². The second kappa shape index (κ2) is 14.5. The van der Waals surface area contributed by atoms with Crippen molar-refractivity contribution in [2.45, 2.75) is 75.3 Å². The molecule has 0 amide bonds. The highest BCUT2D eigenvalue weighted by molar-refractivity contribution is 5.91. The van der Waals surface area contributed by atoms with E-state index in [0.29, 0.717) is 0 Å². The van der Waals surface area contributed by atoms with Crippen molar-refractivity contribution in [2.75, 3.05) is 13.2 Å². The van der Waals surface area contributed by atoms with E-state index in [9.17, 15) is 55.2 Å². The number of esters is 2. The molecule has 2 aliphatic rings. The van der Waals surface area contributed by atoms with Crippen molar-refractivity contribution >= 4 is 22.9 Å². The molecule has 5 rings (SSSR count). The van der Waals surface area contributed by atoms with Gasteiger partial charge >= 0.3 is 11.9 Å². The number of hydrogen-bond acceptors (Lipinski definition) is 18. The van der Waals surface area contributed by atoms with Crippen molar-refractivity contribution in [3.8, 4) is 34.3 Å². The van der Waals surface area contributed by atoms with Crippen LogP contribution in [-0.2, 0) is 33.3 Å². The van der Waals surface area contributed by atoms with Crippen LogP contribution in [0.5, 0.6) is 23.0 Å². The molecular formula is C31H34O18. The van der Waals surface area contributed by atoms with E-state index in [1.807, 2.05) is 0 Å². The first kappa shape index (κ1) is 35.8. The quantitative estimate of drug-likeness (QED) is 0.0735. The fraction of sp³-hybridized carbons (Fsp3) is 0.452. The van der Waals surface area contributed by atoms with Crippen LogP contribution in [0.1, 0.15) is 13.8 Å². The Labute approximate surface area is 275 Å². The molecule has 266 valence electrons. The minimum Gasteiger partial charge on any atom is -0.507 e. The number of hydrogen-bond donors (Lipinski definition) is 8. The smallest absolute Gasteiger partial charge is 0.302 e. The van der Waals surface area contributed by atoms with Gasteiger partial charge in [-0.25, -0.2) is 0 Å². The molecule has 8 N–H and O–H groups in total. The van der Waals surface area contributed by atoms with Crippen molar-refractivity contribution < 1.29 is 83.3 Å². The van der Waals surface area contributed by atoms with E-state index in [4.69, 9.17) is 32.8 Å². The third kappa shape index (κ3) is 7.56. The average molecular weight is 695 g/mol. The van der Waals surface area contributed by atoms with Gasteiger partial charge in [0.15, 0.2) is 29.2 Å². The molecule has 0 bridgehead atoms. The van der Waals surface area contributed by atoms with Crippen LogP contribution in [0.15, 0.2) is 45.6 Å². The molecule has 1 aromatic heterocycles. The van der Waals surface area contributed by atoms with Crippen LogP contribution in [-0.4, -0.2) is 127 Å². The second-order valence-electron chi connectivity index (χ2n) is 11.3. The molecule has 0 spiro atoms. The molecule has 2 aliphatic heterocycles. The number of benzene rings is 2. The third-order valence-electron chi connectivity index (χ3n) is 7.83. The molecule has 10 atom stereocenters. The van der Waals surface area contributed by atoms with Crippen molar-refractivity contribution in [3.05, 3.63) is 46.6 Å². The van der Waals surface area contributed by atoms with Gasteiger partial charge in [0.1, 0.15) is 78.6 Å². The van der Waals surface area contributed by atoms with E-state index >= 15 is 0 Å². The molecular weight excluding hydrogens is 660 g/mol. The number of phenols is 3. The van der Waals surface area contributed by atoms with E-state index in [1.165, 1.54) is 24.3 Å². The Bertz CT molecular complexity index is 1720. The molecule has 0 aliphatic carbocycles. The van der Waals surface area contributed by atoms with Gasteiger partial charge in [-0.2, -0.15) is 0 Å². The summed E-state index contributed by atoms with van der Waals surface area (Å²) in [6, 6.07) is 7.44. The van der Waals surface area contributed by atoms with E-state index in [2.05, 4.69) is 0 Å². The zero-order valence-corrected chi connectivity index (χ0v) is 25.8. The molecule has 0 saturated carbocycles. The first-order chi connectivity index (χ1) is 23.2. The average Bonchev–Trinajstić information content (AvgIpc) is 3.05. The number of aliphatic hydroxyl groups excluding tert-OH is 5. The van der Waals surface area contributed by atoms with E-state index < -0.39 is 115 Å². The number of phenolic OH excluding ortho intramolecular Hbond substituents is 3. The Balaban J connectivity index is 1.41. The number of aromatic hydroxyl groups is 3. The lowest BCUT2D eigenvalue weighted by atomic mass is 9.97. The van der Waals surface area contributed by atoms with Gasteiger partial charge in [0.05, 0.1) is 0 Å². The monoisotopic (exact) mass is 694 g/mol. The maximum absolute atomic E-state index is 12.7. The standard InChI is InChI=1S/C31H34O18/c1-11(32)43-9-19-23(38)25(40)27(42)30(47-19)49-29-26(41)24(39)20(10-44-12(2)33)48-31(29)45-14-5-3-13(4-6-14)18-8-16(35)21-15(34)7-17(36)22(37)28(21)46-18/h3-8,19-20,23-27,29-31,34,36-42H,9-10H2,1-2H3/t19-,20-,23-,24-,25+,26+,27-,29-,30+,31-/m1/s1. The molecule has 3 aromatic rings. The SMILES string of the molecule is CC(=O)OC[C@H]1O[C@@H](O[C@H]2[C@H](Oc3ccc(-c4cc(=O)c5c(O)cc(O)c(O)c5o4)cc3)O[C@H](COC(C)=O)[C@@H](O)[C@@H]2O)[C@H](O)[C@@H](O)[C@@H]1O. The molecule has 3 heterocycles. The molecule has 0 unspecified atom stereocenters. The van der Waals surface area contributed by atoms with Crippen molar-refractivity contribution in [1.29, 1.82) is 0 Å². The van der Waals surface area contributed by atoms with Crippen LogP contribution in [0.3, 0.4) is 0 Å². The Morgan fingerprint density at radius 3 is 1.90 bits per heavy atom. The summed E-state index contributed by atoms with van der Waals surface area (Å²) >= 11 is 0. The van der Waals surface area contributed by atoms with Crippen molar-refractivity contribution in [3.63, 3.8) is 0 Å². The number of ether oxygens (including phenoxy) is 6. The molecule has 49 heavy (non-hydrogen) atoms. The summed E-state index contributed by atoms with van der Waals surface area (Å²) in [5.41, 5.74) is -0.896. The molecule has 18 heteroatoms. The number of carbonyl (C=O) groups excluding carboxylic acids is 2. The second-order valence-corrected chi connectivity index (χ2v) is 11.3. The highest BCUT2D eigenvalue weighted by atomic mass is 16.8. The fourth-order valence-corrected chi connectivity index (χ4v) is 5.27. The largest absolute Gasteiger partial charge is 0.507 e. The normalized spacial score (nSPS) is 30.1. The van der Waals surface area contributed by atoms with E-state index in [-0.39, 0.29) is 22.5 Å². The van der Waals surface area contributed by atoms with Gasteiger partial charge in [-0.15, -0.1) is 0 Å². The summed E-state index contributed by atoms with van der Waals surface area (Å²) in [7, 11) is 0. The van der Waals surface area contributed by atoms with Crippen LogP contribution in [0.25, 0.3) is 22.3 Å². The zero-order chi connectivity index (χ0) is 35.7. The summed E-state index contributed by atoms with van der Waals surface area (Å²) in [5.74, 6) is -3.52. The number of rotatable bonds is 9.